The Morgan fingerprint density at radius 3 is 2.71 bits per heavy atom. The molecule has 0 radical (unpaired) electrons. The normalized spacial score (nSPS) is 10.0. The van der Waals surface area contributed by atoms with Crippen molar-refractivity contribution in [1.82, 2.24) is 9.97 Å². The molecule has 1 heterocycles. The molecule has 10 heteroatoms. The fourth-order valence-corrected chi connectivity index (χ4v) is 1.82. The second-order valence-electron chi connectivity index (χ2n) is 3.80. The predicted molar refractivity (Wildman–Crippen MR) is 77.8 cm³/mol. The molecule has 0 saturated carbocycles. The van der Waals surface area contributed by atoms with Crippen molar-refractivity contribution in [3.05, 3.63) is 39.7 Å². The summed E-state index contributed by atoms with van der Waals surface area (Å²) < 4.78 is 5.08. The average molecular weight is 311 g/mol. The van der Waals surface area contributed by atoms with Crippen LogP contribution in [0.3, 0.4) is 0 Å². The lowest BCUT2D eigenvalue weighted by molar-refractivity contribution is -0.383. The summed E-state index contributed by atoms with van der Waals surface area (Å²) in [6.45, 7) is 0. The van der Waals surface area contributed by atoms with Gasteiger partial charge >= 0.3 is 5.69 Å². The van der Waals surface area contributed by atoms with Gasteiger partial charge in [-0.3, -0.25) is 10.1 Å². The molecule has 0 spiro atoms. The third-order valence-electron chi connectivity index (χ3n) is 2.56. The molecule has 0 aliphatic carbocycles. The van der Waals surface area contributed by atoms with Gasteiger partial charge < -0.3 is 15.5 Å². The first-order valence-corrected chi connectivity index (χ1v) is 6.01. The molecule has 0 atom stereocenters. The van der Waals surface area contributed by atoms with Gasteiger partial charge in [0.2, 0.25) is 11.6 Å². The number of benzene rings is 1. The number of rotatable bonds is 5. The van der Waals surface area contributed by atoms with E-state index in [1.54, 1.807) is 18.2 Å². The summed E-state index contributed by atoms with van der Waals surface area (Å²) in [5.74, 6) is 5.53. The SMILES string of the molecule is COc1cc(Nc2ncnc(NN)c2[N+](=O)[O-])ccc1Cl. The molecule has 0 aliphatic rings. The molecule has 0 saturated heterocycles. The van der Waals surface area contributed by atoms with Crippen molar-refractivity contribution in [1.29, 1.82) is 0 Å². The number of ether oxygens (including phenoxy) is 1. The Morgan fingerprint density at radius 1 is 1.38 bits per heavy atom. The molecule has 21 heavy (non-hydrogen) atoms. The van der Waals surface area contributed by atoms with E-state index in [-0.39, 0.29) is 17.3 Å². The van der Waals surface area contributed by atoms with Crippen LogP contribution in [0.5, 0.6) is 5.75 Å². The highest BCUT2D eigenvalue weighted by Gasteiger charge is 2.22. The minimum absolute atomic E-state index is 0.00711. The summed E-state index contributed by atoms with van der Waals surface area (Å²) in [6.07, 6.45) is 1.15. The van der Waals surface area contributed by atoms with Crippen LogP contribution in [0.4, 0.5) is 23.0 Å². The zero-order valence-corrected chi connectivity index (χ0v) is 11.6. The van der Waals surface area contributed by atoms with E-state index >= 15 is 0 Å². The fraction of sp³-hybridized carbons (Fsp3) is 0.0909. The van der Waals surface area contributed by atoms with Gasteiger partial charge in [0.1, 0.15) is 12.1 Å². The van der Waals surface area contributed by atoms with Gasteiger partial charge in [0.15, 0.2) is 0 Å². The Hall–Kier alpha value is -2.65. The van der Waals surface area contributed by atoms with Crippen molar-refractivity contribution in [3.8, 4) is 5.75 Å². The maximum Gasteiger partial charge on any atom is 0.354 e. The number of hydrazine groups is 1. The second-order valence-corrected chi connectivity index (χ2v) is 4.20. The van der Waals surface area contributed by atoms with Crippen molar-refractivity contribution in [2.45, 2.75) is 0 Å². The Bertz CT molecular complexity index is 681. The summed E-state index contributed by atoms with van der Waals surface area (Å²) in [6, 6.07) is 4.81. The van der Waals surface area contributed by atoms with Gasteiger partial charge in [-0.15, -0.1) is 0 Å². The Balaban J connectivity index is 2.42. The van der Waals surface area contributed by atoms with Crippen molar-refractivity contribution >= 4 is 34.6 Å². The van der Waals surface area contributed by atoms with Crippen LogP contribution in [0, 0.1) is 10.1 Å². The van der Waals surface area contributed by atoms with E-state index < -0.39 is 4.92 Å². The van der Waals surface area contributed by atoms with Crippen LogP contribution in [0.1, 0.15) is 0 Å². The third kappa shape index (κ3) is 3.09. The number of nitrogen functional groups attached to an aromatic ring is 1. The summed E-state index contributed by atoms with van der Waals surface area (Å²) in [7, 11) is 1.47. The summed E-state index contributed by atoms with van der Waals surface area (Å²) >= 11 is 5.92. The molecule has 2 aromatic rings. The molecule has 0 unspecified atom stereocenters. The highest BCUT2D eigenvalue weighted by Crippen LogP contribution is 2.33. The number of nitrogens with two attached hydrogens (primary N) is 1. The van der Waals surface area contributed by atoms with Crippen LogP contribution in [0.2, 0.25) is 5.02 Å². The van der Waals surface area contributed by atoms with Crippen molar-refractivity contribution in [2.24, 2.45) is 5.84 Å². The van der Waals surface area contributed by atoms with Crippen LogP contribution in [0.15, 0.2) is 24.5 Å². The number of hydrogen-bond acceptors (Lipinski definition) is 8. The molecule has 0 aliphatic heterocycles. The van der Waals surface area contributed by atoms with Gasteiger partial charge in [-0.2, -0.15) is 0 Å². The summed E-state index contributed by atoms with van der Waals surface area (Å²) in [5, 5.41) is 14.3. The quantitative estimate of drug-likeness (QED) is 0.435. The predicted octanol–water partition coefficient (Wildman–Crippen LogP) is 2.08. The number of anilines is 3. The summed E-state index contributed by atoms with van der Waals surface area (Å²) in [4.78, 5) is 18.0. The molecule has 0 amide bonds. The summed E-state index contributed by atoms with van der Waals surface area (Å²) in [5.41, 5.74) is 2.30. The number of nitrogens with zero attached hydrogens (tertiary/aromatic N) is 3. The van der Waals surface area contributed by atoms with Gasteiger partial charge in [-0.05, 0) is 12.1 Å². The Labute approximate surface area is 124 Å². The Morgan fingerprint density at radius 2 is 2.10 bits per heavy atom. The Kier molecular flexibility index (Phi) is 4.36. The first-order valence-electron chi connectivity index (χ1n) is 5.63. The number of nitrogens with one attached hydrogen (secondary N) is 2. The van der Waals surface area contributed by atoms with E-state index in [4.69, 9.17) is 22.2 Å². The first-order chi connectivity index (χ1) is 10.1. The number of hydrogen-bond donors (Lipinski definition) is 3. The maximum atomic E-state index is 11.1. The minimum atomic E-state index is -0.634. The van der Waals surface area contributed by atoms with E-state index in [1.807, 2.05) is 0 Å². The van der Waals surface area contributed by atoms with Gasteiger partial charge in [0, 0.05) is 11.8 Å². The lowest BCUT2D eigenvalue weighted by Crippen LogP contribution is -2.12. The van der Waals surface area contributed by atoms with Gasteiger partial charge in [0.05, 0.1) is 17.1 Å². The second kappa shape index (κ2) is 6.20. The highest BCUT2D eigenvalue weighted by atomic mass is 35.5. The monoisotopic (exact) mass is 310 g/mol. The molecule has 0 fully saturated rings. The number of methoxy groups -OCH3 is 1. The topological polar surface area (TPSA) is 128 Å². The van der Waals surface area contributed by atoms with Gasteiger partial charge in [-0.25, -0.2) is 15.8 Å². The molecule has 1 aromatic heterocycles. The lowest BCUT2D eigenvalue weighted by atomic mass is 10.3. The molecule has 1 aromatic carbocycles. The fourth-order valence-electron chi connectivity index (χ4n) is 1.62. The molecule has 9 nitrogen and oxygen atoms in total. The van der Waals surface area contributed by atoms with Crippen LogP contribution in [0.25, 0.3) is 0 Å². The van der Waals surface area contributed by atoms with Crippen LogP contribution in [-0.4, -0.2) is 22.0 Å². The van der Waals surface area contributed by atoms with E-state index in [0.717, 1.165) is 6.33 Å². The molecule has 110 valence electrons. The third-order valence-corrected chi connectivity index (χ3v) is 2.87. The van der Waals surface area contributed by atoms with Crippen molar-refractivity contribution in [3.63, 3.8) is 0 Å². The lowest BCUT2D eigenvalue weighted by Gasteiger charge is -2.10. The molecular formula is C11H11ClN6O3. The zero-order valence-electron chi connectivity index (χ0n) is 10.8. The van der Waals surface area contributed by atoms with E-state index in [9.17, 15) is 10.1 Å². The van der Waals surface area contributed by atoms with E-state index in [1.165, 1.54) is 7.11 Å². The standard InChI is InChI=1S/C11H11ClN6O3/c1-21-8-4-6(2-3-7(8)12)16-10-9(18(19)20)11(17-13)15-5-14-10/h2-5H,13H2,1H3,(H2,14,15,16,17). The molecule has 2 rings (SSSR count). The molecule has 0 bridgehead atoms. The van der Waals surface area contributed by atoms with Gasteiger partial charge in [0.25, 0.3) is 0 Å². The number of aromatic nitrogens is 2. The number of halogens is 1. The molecular weight excluding hydrogens is 300 g/mol. The molecule has 4 N–H and O–H groups in total. The smallest absolute Gasteiger partial charge is 0.354 e. The van der Waals surface area contributed by atoms with Crippen LogP contribution >= 0.6 is 11.6 Å². The van der Waals surface area contributed by atoms with Crippen molar-refractivity contribution in [2.75, 3.05) is 17.9 Å². The highest BCUT2D eigenvalue weighted by molar-refractivity contribution is 6.32. The largest absolute Gasteiger partial charge is 0.495 e. The van der Waals surface area contributed by atoms with Crippen LogP contribution < -0.4 is 21.3 Å². The average Bonchev–Trinajstić information content (AvgIpc) is 2.48. The zero-order chi connectivity index (χ0) is 15.4. The minimum Gasteiger partial charge on any atom is -0.495 e. The van der Waals surface area contributed by atoms with Crippen LogP contribution in [-0.2, 0) is 0 Å². The first kappa shape index (κ1) is 14.8. The van der Waals surface area contributed by atoms with Crippen molar-refractivity contribution < 1.29 is 9.66 Å². The van der Waals surface area contributed by atoms with Gasteiger partial charge in [-0.1, -0.05) is 11.6 Å². The number of nitro groups is 1. The maximum absolute atomic E-state index is 11.1. The van der Waals surface area contributed by atoms with E-state index in [0.29, 0.717) is 16.5 Å². The van der Waals surface area contributed by atoms with E-state index in [2.05, 4.69) is 20.7 Å².